The average Bonchev–Trinajstić information content (AvgIpc) is 2.88. The summed E-state index contributed by atoms with van der Waals surface area (Å²) in [6, 6.07) is 11.1. The number of benzene rings is 1. The van der Waals surface area contributed by atoms with Crippen molar-refractivity contribution >= 4 is 17.1 Å². The lowest BCUT2D eigenvalue weighted by Crippen LogP contribution is -2.03. The van der Waals surface area contributed by atoms with E-state index in [2.05, 4.69) is 16.0 Å². The van der Waals surface area contributed by atoms with Crippen LogP contribution in [0.3, 0.4) is 0 Å². The summed E-state index contributed by atoms with van der Waals surface area (Å²) in [5.41, 5.74) is 3.71. The van der Waals surface area contributed by atoms with E-state index in [0.717, 1.165) is 17.8 Å². The molecule has 0 spiro atoms. The molecule has 0 saturated carbocycles. The maximum Gasteiger partial charge on any atom is 0.337 e. The minimum absolute atomic E-state index is 0.180. The number of nitriles is 1. The lowest BCUT2D eigenvalue weighted by Gasteiger charge is -2.03. The second-order valence-corrected chi connectivity index (χ2v) is 5.67. The van der Waals surface area contributed by atoms with Crippen molar-refractivity contribution in [1.29, 1.82) is 5.26 Å². The molecule has 0 bridgehead atoms. The van der Waals surface area contributed by atoms with Gasteiger partial charge in [-0.25, -0.2) is 14.8 Å². The predicted molar refractivity (Wildman–Crippen MR) is 88.8 cm³/mol. The van der Waals surface area contributed by atoms with Crippen molar-refractivity contribution in [2.75, 3.05) is 0 Å². The monoisotopic (exact) mass is 320 g/mol. The van der Waals surface area contributed by atoms with Gasteiger partial charge in [0.05, 0.1) is 22.9 Å². The molecule has 24 heavy (non-hydrogen) atoms. The number of aryl methyl sites for hydroxylation is 4. The first-order valence-corrected chi connectivity index (χ1v) is 7.55. The van der Waals surface area contributed by atoms with Crippen LogP contribution in [0, 0.1) is 18.3 Å². The van der Waals surface area contributed by atoms with Gasteiger partial charge in [0.15, 0.2) is 5.65 Å². The summed E-state index contributed by atoms with van der Waals surface area (Å²) in [5, 5.41) is 18.0. The van der Waals surface area contributed by atoms with Gasteiger partial charge >= 0.3 is 5.97 Å². The number of pyridine rings is 1. The standard InChI is InChI=1S/C18H16N4O2/c1-11-14(18(23)24)9-15-17(20-11)22(2)16(21-15)8-7-12-3-5-13(10-19)6-4-12/h3-6,9H,7-8H2,1-2H3,(H,23,24). The van der Waals surface area contributed by atoms with E-state index in [0.29, 0.717) is 28.8 Å². The molecule has 0 aliphatic heterocycles. The van der Waals surface area contributed by atoms with Crippen LogP contribution in [0.15, 0.2) is 30.3 Å². The van der Waals surface area contributed by atoms with Gasteiger partial charge in [0.2, 0.25) is 0 Å². The van der Waals surface area contributed by atoms with Crippen LogP contribution in [-0.4, -0.2) is 25.6 Å². The Labute approximate surface area is 139 Å². The number of fused-ring (bicyclic) bond motifs is 1. The molecular weight excluding hydrogens is 304 g/mol. The van der Waals surface area contributed by atoms with E-state index < -0.39 is 5.97 Å². The molecule has 0 amide bonds. The molecule has 3 aromatic rings. The van der Waals surface area contributed by atoms with Gasteiger partial charge in [-0.1, -0.05) is 12.1 Å². The van der Waals surface area contributed by atoms with E-state index in [-0.39, 0.29) is 5.56 Å². The van der Waals surface area contributed by atoms with Crippen LogP contribution < -0.4 is 0 Å². The molecule has 2 aromatic heterocycles. The molecule has 6 nitrogen and oxygen atoms in total. The number of carboxylic acid groups (broad SMARTS) is 1. The molecule has 0 saturated heterocycles. The molecular formula is C18H16N4O2. The van der Waals surface area contributed by atoms with Gasteiger partial charge in [-0.05, 0) is 37.1 Å². The van der Waals surface area contributed by atoms with Gasteiger partial charge < -0.3 is 9.67 Å². The molecule has 1 N–H and O–H groups in total. The van der Waals surface area contributed by atoms with Gasteiger partial charge in [0.1, 0.15) is 11.3 Å². The van der Waals surface area contributed by atoms with E-state index >= 15 is 0 Å². The van der Waals surface area contributed by atoms with Crippen LogP contribution in [0.4, 0.5) is 0 Å². The zero-order chi connectivity index (χ0) is 17.3. The first kappa shape index (κ1) is 15.7. The van der Waals surface area contributed by atoms with Gasteiger partial charge in [-0.15, -0.1) is 0 Å². The van der Waals surface area contributed by atoms with E-state index in [1.165, 1.54) is 0 Å². The van der Waals surface area contributed by atoms with Crippen molar-refractivity contribution in [2.45, 2.75) is 19.8 Å². The lowest BCUT2D eigenvalue weighted by molar-refractivity contribution is 0.0696. The third-order valence-corrected chi connectivity index (χ3v) is 4.08. The fraction of sp³-hybridized carbons (Fsp3) is 0.222. The smallest absolute Gasteiger partial charge is 0.337 e. The van der Waals surface area contributed by atoms with E-state index in [9.17, 15) is 9.90 Å². The summed E-state index contributed by atoms with van der Waals surface area (Å²) in [6.45, 7) is 1.69. The van der Waals surface area contributed by atoms with Crippen molar-refractivity contribution in [3.63, 3.8) is 0 Å². The number of carboxylic acids is 1. The maximum absolute atomic E-state index is 11.2. The quantitative estimate of drug-likeness (QED) is 0.798. The van der Waals surface area contributed by atoms with Gasteiger partial charge in [-0.2, -0.15) is 5.26 Å². The van der Waals surface area contributed by atoms with Crippen molar-refractivity contribution in [3.05, 3.63) is 58.5 Å². The minimum Gasteiger partial charge on any atom is -0.478 e. The third-order valence-electron chi connectivity index (χ3n) is 4.08. The van der Waals surface area contributed by atoms with E-state index in [1.54, 1.807) is 25.1 Å². The highest BCUT2D eigenvalue weighted by Crippen LogP contribution is 2.18. The summed E-state index contributed by atoms with van der Waals surface area (Å²) in [7, 11) is 1.89. The van der Waals surface area contributed by atoms with Gasteiger partial charge in [0, 0.05) is 13.5 Å². The topological polar surface area (TPSA) is 91.8 Å². The summed E-state index contributed by atoms with van der Waals surface area (Å²) in [4.78, 5) is 20.1. The molecule has 0 unspecified atom stereocenters. The van der Waals surface area contributed by atoms with Crippen molar-refractivity contribution in [2.24, 2.45) is 7.05 Å². The zero-order valence-electron chi connectivity index (χ0n) is 13.4. The Balaban J connectivity index is 1.88. The molecule has 0 aliphatic carbocycles. The number of aromatic nitrogens is 3. The second-order valence-electron chi connectivity index (χ2n) is 5.67. The Morgan fingerprint density at radius 2 is 1.96 bits per heavy atom. The van der Waals surface area contributed by atoms with Crippen LogP contribution in [0.5, 0.6) is 0 Å². The highest BCUT2D eigenvalue weighted by atomic mass is 16.4. The summed E-state index contributed by atoms with van der Waals surface area (Å²) < 4.78 is 1.90. The first-order valence-electron chi connectivity index (χ1n) is 7.55. The SMILES string of the molecule is Cc1nc2c(cc1C(=O)O)nc(CCc1ccc(C#N)cc1)n2C. The molecule has 6 heteroatoms. The molecule has 0 radical (unpaired) electrons. The van der Waals surface area contributed by atoms with Crippen LogP contribution in [0.2, 0.25) is 0 Å². The average molecular weight is 320 g/mol. The Morgan fingerprint density at radius 1 is 1.25 bits per heavy atom. The molecule has 0 aliphatic rings. The fourth-order valence-electron chi connectivity index (χ4n) is 2.69. The Kier molecular flexibility index (Phi) is 4.00. The molecule has 1 aromatic carbocycles. The number of hydrogen-bond donors (Lipinski definition) is 1. The van der Waals surface area contributed by atoms with Crippen LogP contribution in [-0.2, 0) is 19.9 Å². The normalized spacial score (nSPS) is 10.7. The summed E-state index contributed by atoms with van der Waals surface area (Å²) in [5.74, 6) is -0.143. The molecule has 0 atom stereocenters. The first-order chi connectivity index (χ1) is 11.5. The van der Waals surface area contributed by atoms with Gasteiger partial charge in [-0.3, -0.25) is 0 Å². The highest BCUT2D eigenvalue weighted by Gasteiger charge is 2.15. The lowest BCUT2D eigenvalue weighted by atomic mass is 10.1. The number of rotatable bonds is 4. The number of nitrogens with zero attached hydrogens (tertiary/aromatic N) is 4. The second kappa shape index (κ2) is 6.13. The minimum atomic E-state index is -0.994. The van der Waals surface area contributed by atoms with Crippen LogP contribution in [0.1, 0.15) is 33.0 Å². The number of hydrogen-bond acceptors (Lipinski definition) is 4. The maximum atomic E-state index is 11.2. The third kappa shape index (κ3) is 2.84. The zero-order valence-corrected chi connectivity index (χ0v) is 13.4. The Hall–Kier alpha value is -3.20. The molecule has 120 valence electrons. The Morgan fingerprint density at radius 3 is 2.58 bits per heavy atom. The number of imidazole rings is 1. The van der Waals surface area contributed by atoms with Gasteiger partial charge in [0.25, 0.3) is 0 Å². The predicted octanol–water partition coefficient (Wildman–Crippen LogP) is 2.63. The number of aromatic carboxylic acids is 1. The molecule has 2 heterocycles. The highest BCUT2D eigenvalue weighted by molar-refractivity contribution is 5.92. The Bertz CT molecular complexity index is 965. The molecule has 0 fully saturated rings. The van der Waals surface area contributed by atoms with E-state index in [4.69, 9.17) is 5.26 Å². The van der Waals surface area contributed by atoms with Crippen molar-refractivity contribution in [3.8, 4) is 6.07 Å². The summed E-state index contributed by atoms with van der Waals surface area (Å²) in [6.07, 6.45) is 1.49. The fourth-order valence-corrected chi connectivity index (χ4v) is 2.69. The van der Waals surface area contributed by atoms with E-state index in [1.807, 2.05) is 23.7 Å². The van der Waals surface area contributed by atoms with Crippen molar-refractivity contribution < 1.29 is 9.90 Å². The number of carbonyl (C=O) groups is 1. The van der Waals surface area contributed by atoms with Crippen LogP contribution in [0.25, 0.3) is 11.2 Å². The largest absolute Gasteiger partial charge is 0.478 e. The van der Waals surface area contributed by atoms with Crippen molar-refractivity contribution in [1.82, 2.24) is 14.5 Å². The summed E-state index contributed by atoms with van der Waals surface area (Å²) >= 11 is 0. The van der Waals surface area contributed by atoms with Crippen LogP contribution >= 0.6 is 0 Å². The molecule has 3 rings (SSSR count).